The maximum Gasteiger partial charge on any atom is 0.293 e. The molecular weight excluding hydrogens is 220 g/mol. The molecule has 2 saturated carbocycles. The zero-order valence-electron chi connectivity index (χ0n) is 10.4. The number of hydrogen-bond acceptors (Lipinski definition) is 4. The number of fused-ring (bicyclic) bond motifs is 5. The Kier molecular flexibility index (Phi) is 1.88. The fourth-order valence-electron chi connectivity index (χ4n) is 4.18. The lowest BCUT2D eigenvalue weighted by molar-refractivity contribution is -0.405. The summed E-state index contributed by atoms with van der Waals surface area (Å²) in [6.07, 6.45) is 3.36. The van der Waals surface area contributed by atoms with Gasteiger partial charge in [-0.15, -0.1) is 0 Å². The Morgan fingerprint density at radius 1 is 1.53 bits per heavy atom. The molecule has 3 rings (SSSR count). The second-order valence-corrected chi connectivity index (χ2v) is 6.27. The van der Waals surface area contributed by atoms with E-state index in [2.05, 4.69) is 26.1 Å². The molecule has 0 radical (unpaired) electrons. The molecule has 1 heterocycles. The summed E-state index contributed by atoms with van der Waals surface area (Å²) < 4.78 is 5.78. The van der Waals surface area contributed by atoms with E-state index in [1.165, 1.54) is 6.42 Å². The minimum atomic E-state index is -0.460. The Morgan fingerprint density at radius 2 is 2.24 bits per heavy atom. The largest absolute Gasteiger partial charge is 0.469 e. The summed E-state index contributed by atoms with van der Waals surface area (Å²) in [7, 11) is 0. The van der Waals surface area contributed by atoms with Crippen LogP contribution >= 0.6 is 0 Å². The molecule has 0 amide bonds. The Hall–Kier alpha value is -1.26. The van der Waals surface area contributed by atoms with Crippen LogP contribution in [0.25, 0.3) is 0 Å². The summed E-state index contributed by atoms with van der Waals surface area (Å²) in [6, 6.07) is 0.245. The topological polar surface area (TPSA) is 64.4 Å². The molecule has 2 aliphatic carbocycles. The van der Waals surface area contributed by atoms with Gasteiger partial charge in [-0.25, -0.2) is 0 Å². The molecule has 5 nitrogen and oxygen atoms in total. The molecule has 1 N–H and O–H groups in total. The normalized spacial score (nSPS) is 47.7. The zero-order chi connectivity index (χ0) is 12.4. The van der Waals surface area contributed by atoms with E-state index >= 15 is 0 Å². The molecule has 0 unspecified atom stereocenters. The fourth-order valence-corrected chi connectivity index (χ4v) is 4.18. The van der Waals surface area contributed by atoms with Crippen LogP contribution in [0.4, 0.5) is 0 Å². The molecule has 1 aliphatic heterocycles. The fraction of sp³-hybridized carbons (Fsp3) is 0.833. The minimum Gasteiger partial charge on any atom is -0.469 e. The maximum atomic E-state index is 10.5. The predicted octanol–water partition coefficient (Wildman–Crippen LogP) is 1.88. The molecule has 1 saturated heterocycles. The van der Waals surface area contributed by atoms with Gasteiger partial charge in [0.1, 0.15) is 6.10 Å². The number of nitrogens with one attached hydrogen (secondary N) is 1. The van der Waals surface area contributed by atoms with Crippen LogP contribution in [0.15, 0.2) is 12.1 Å². The molecular formula is C12H18N2O3. The van der Waals surface area contributed by atoms with E-state index in [0.29, 0.717) is 11.8 Å². The molecule has 0 aromatic heterocycles. The molecule has 5 heteroatoms. The van der Waals surface area contributed by atoms with Gasteiger partial charge in [-0.1, -0.05) is 20.8 Å². The number of nitrogens with zero attached hydrogens (tertiary/aromatic N) is 1. The van der Waals surface area contributed by atoms with Crippen molar-refractivity contribution in [2.45, 2.75) is 45.8 Å². The lowest BCUT2D eigenvalue weighted by atomic mass is 9.70. The first-order chi connectivity index (χ1) is 7.86. The maximum absolute atomic E-state index is 10.5. The van der Waals surface area contributed by atoms with Crippen molar-refractivity contribution in [1.82, 2.24) is 5.32 Å². The van der Waals surface area contributed by atoms with Crippen LogP contribution < -0.4 is 5.32 Å². The van der Waals surface area contributed by atoms with Crippen LogP contribution in [-0.2, 0) is 4.74 Å². The van der Waals surface area contributed by atoms with Crippen LogP contribution in [0.3, 0.4) is 0 Å². The van der Waals surface area contributed by atoms with Crippen LogP contribution in [-0.4, -0.2) is 17.1 Å². The quantitative estimate of drug-likeness (QED) is 0.559. The molecule has 94 valence electrons. The predicted molar refractivity (Wildman–Crippen MR) is 61.5 cm³/mol. The Labute approximate surface area is 100 Å². The highest BCUT2D eigenvalue weighted by molar-refractivity contribution is 5.22. The molecule has 4 atom stereocenters. The van der Waals surface area contributed by atoms with Gasteiger partial charge in [0.15, 0.2) is 0 Å². The molecule has 0 aromatic carbocycles. The SMILES string of the molecule is CC1(C)[C@@H]2CC[C@@]1(C)[C@@H]1O/C(=C\[N+](=O)[O-])N[C@H]21. The van der Waals surface area contributed by atoms with E-state index in [1.54, 1.807) is 0 Å². The van der Waals surface area contributed by atoms with Crippen molar-refractivity contribution in [1.29, 1.82) is 0 Å². The lowest BCUT2D eigenvalue weighted by Gasteiger charge is -2.37. The van der Waals surface area contributed by atoms with Gasteiger partial charge in [0, 0.05) is 5.41 Å². The van der Waals surface area contributed by atoms with Crippen molar-refractivity contribution < 1.29 is 9.66 Å². The monoisotopic (exact) mass is 238 g/mol. The molecule has 0 aromatic rings. The number of rotatable bonds is 1. The van der Waals surface area contributed by atoms with Crippen molar-refractivity contribution in [2.24, 2.45) is 16.7 Å². The summed E-state index contributed by atoms with van der Waals surface area (Å²) in [5.41, 5.74) is 0.372. The second kappa shape index (κ2) is 2.94. The average molecular weight is 238 g/mol. The van der Waals surface area contributed by atoms with Gasteiger partial charge in [-0.3, -0.25) is 10.1 Å². The standard InChI is InChI=1S/C12H18N2O3/c1-11(2)7-4-5-12(11,3)10-9(7)13-8(17-10)6-14(15)16/h6-7,9-10,13H,4-5H2,1-3H3/b8-6-/t7-,9-,10-,12+/m1/s1. The van der Waals surface area contributed by atoms with Gasteiger partial charge in [-0.2, -0.15) is 0 Å². The third-order valence-electron chi connectivity index (χ3n) is 5.55. The zero-order valence-corrected chi connectivity index (χ0v) is 10.4. The number of nitro groups is 1. The van der Waals surface area contributed by atoms with E-state index < -0.39 is 4.92 Å². The van der Waals surface area contributed by atoms with E-state index in [1.807, 2.05) is 0 Å². The van der Waals surface area contributed by atoms with Crippen LogP contribution in [0.2, 0.25) is 0 Å². The summed E-state index contributed by atoms with van der Waals surface area (Å²) in [4.78, 5) is 10.0. The van der Waals surface area contributed by atoms with Crippen molar-refractivity contribution in [3.05, 3.63) is 22.2 Å². The second-order valence-electron chi connectivity index (χ2n) is 6.27. The minimum absolute atomic E-state index is 0.0856. The highest BCUT2D eigenvalue weighted by Gasteiger charge is 2.69. The summed E-state index contributed by atoms with van der Waals surface area (Å²) in [5.74, 6) is 0.883. The number of hydrogen-bond donors (Lipinski definition) is 1. The summed E-state index contributed by atoms with van der Waals surface area (Å²) >= 11 is 0. The molecule has 0 spiro atoms. The van der Waals surface area contributed by atoms with E-state index in [4.69, 9.17) is 4.74 Å². The van der Waals surface area contributed by atoms with Gasteiger partial charge >= 0.3 is 0 Å². The van der Waals surface area contributed by atoms with Crippen molar-refractivity contribution >= 4 is 0 Å². The van der Waals surface area contributed by atoms with Gasteiger partial charge in [0.25, 0.3) is 12.1 Å². The van der Waals surface area contributed by atoms with Gasteiger partial charge in [0.2, 0.25) is 0 Å². The molecule has 3 fully saturated rings. The first kappa shape index (κ1) is 10.9. The summed E-state index contributed by atoms with van der Waals surface area (Å²) in [6.45, 7) is 6.85. The molecule has 17 heavy (non-hydrogen) atoms. The Morgan fingerprint density at radius 3 is 2.82 bits per heavy atom. The van der Waals surface area contributed by atoms with E-state index in [-0.39, 0.29) is 23.0 Å². The van der Waals surface area contributed by atoms with E-state index in [0.717, 1.165) is 12.6 Å². The van der Waals surface area contributed by atoms with E-state index in [9.17, 15) is 10.1 Å². The highest BCUT2D eigenvalue weighted by Crippen LogP contribution is 2.67. The molecule has 3 aliphatic rings. The summed E-state index contributed by atoms with van der Waals surface area (Å²) in [5, 5.41) is 13.7. The molecule has 2 bridgehead atoms. The van der Waals surface area contributed by atoms with Crippen molar-refractivity contribution in [3.63, 3.8) is 0 Å². The number of ether oxygens (including phenoxy) is 1. The van der Waals surface area contributed by atoms with Gasteiger partial charge in [0.05, 0.1) is 11.0 Å². The lowest BCUT2D eigenvalue weighted by Crippen LogP contribution is -2.40. The van der Waals surface area contributed by atoms with Crippen LogP contribution in [0.1, 0.15) is 33.6 Å². The van der Waals surface area contributed by atoms with Crippen molar-refractivity contribution in [3.8, 4) is 0 Å². The Bertz CT molecular complexity index is 418. The van der Waals surface area contributed by atoms with Gasteiger partial charge in [-0.05, 0) is 24.2 Å². The first-order valence-electron chi connectivity index (χ1n) is 6.15. The average Bonchev–Trinajstić information content (AvgIpc) is 2.73. The highest BCUT2D eigenvalue weighted by atomic mass is 16.6. The Balaban J connectivity index is 1.93. The third-order valence-corrected chi connectivity index (χ3v) is 5.55. The van der Waals surface area contributed by atoms with Crippen molar-refractivity contribution in [2.75, 3.05) is 0 Å². The smallest absolute Gasteiger partial charge is 0.293 e. The van der Waals surface area contributed by atoms with Crippen LogP contribution in [0, 0.1) is 26.9 Å². The first-order valence-corrected chi connectivity index (χ1v) is 6.15. The van der Waals surface area contributed by atoms with Gasteiger partial charge < -0.3 is 10.1 Å². The third kappa shape index (κ3) is 1.14. The van der Waals surface area contributed by atoms with Crippen LogP contribution in [0.5, 0.6) is 0 Å².